The minimum Gasteiger partial charge on any atom is -0.494 e. The highest BCUT2D eigenvalue weighted by atomic mass is 16.5. The Bertz CT molecular complexity index is 670. The summed E-state index contributed by atoms with van der Waals surface area (Å²) < 4.78 is 16.9. The number of hydrogen-bond acceptors (Lipinski definition) is 6. The molecule has 0 spiro atoms. The molecule has 1 aliphatic heterocycles. The third-order valence-corrected chi connectivity index (χ3v) is 4.11. The van der Waals surface area contributed by atoms with Crippen LogP contribution in [0.3, 0.4) is 0 Å². The van der Waals surface area contributed by atoms with Gasteiger partial charge in [-0.25, -0.2) is 0 Å². The van der Waals surface area contributed by atoms with Gasteiger partial charge in [0.2, 0.25) is 0 Å². The van der Waals surface area contributed by atoms with Crippen LogP contribution < -0.4 is 20.9 Å². The summed E-state index contributed by atoms with van der Waals surface area (Å²) in [4.78, 5) is 2.40. The molecule has 2 aromatic carbocycles. The van der Waals surface area contributed by atoms with Crippen molar-refractivity contribution in [2.24, 2.45) is 0 Å². The smallest absolute Gasteiger partial charge is 0.129 e. The van der Waals surface area contributed by atoms with Crippen LogP contribution in [0.1, 0.15) is 6.42 Å². The molecule has 134 valence electrons. The number of nitrogens with zero attached hydrogens (tertiary/aromatic N) is 1. The quantitative estimate of drug-likeness (QED) is 0.594. The van der Waals surface area contributed by atoms with E-state index in [1.807, 2.05) is 24.3 Å². The Morgan fingerprint density at radius 1 is 0.880 bits per heavy atom. The van der Waals surface area contributed by atoms with Crippen LogP contribution in [-0.2, 0) is 4.74 Å². The first-order chi connectivity index (χ1) is 12.2. The highest BCUT2D eigenvalue weighted by Gasteiger charge is 2.09. The maximum atomic E-state index is 5.79. The summed E-state index contributed by atoms with van der Waals surface area (Å²) in [5.74, 6) is 2.22. The number of benzene rings is 2. The lowest BCUT2D eigenvalue weighted by atomic mass is 10.2. The van der Waals surface area contributed by atoms with Crippen LogP contribution in [0.4, 0.5) is 11.4 Å². The van der Waals surface area contributed by atoms with Gasteiger partial charge in [0.15, 0.2) is 0 Å². The predicted molar refractivity (Wildman–Crippen MR) is 99.2 cm³/mol. The van der Waals surface area contributed by atoms with Crippen molar-refractivity contribution >= 4 is 11.4 Å². The SMILES string of the molecule is Nc1ccc(Oc2ccc(OCCCN3CCOCC3)cc2)cc1N. The van der Waals surface area contributed by atoms with Crippen LogP contribution in [-0.4, -0.2) is 44.4 Å². The molecule has 0 saturated carbocycles. The zero-order chi connectivity index (χ0) is 17.5. The van der Waals surface area contributed by atoms with Crippen LogP contribution in [0.5, 0.6) is 17.2 Å². The van der Waals surface area contributed by atoms with Gasteiger partial charge in [-0.2, -0.15) is 0 Å². The Morgan fingerprint density at radius 2 is 1.56 bits per heavy atom. The van der Waals surface area contributed by atoms with E-state index in [9.17, 15) is 0 Å². The molecule has 0 aliphatic carbocycles. The fourth-order valence-corrected chi connectivity index (χ4v) is 2.66. The van der Waals surface area contributed by atoms with E-state index in [1.54, 1.807) is 18.2 Å². The molecule has 6 nitrogen and oxygen atoms in total. The van der Waals surface area contributed by atoms with E-state index < -0.39 is 0 Å². The molecule has 1 fully saturated rings. The molecule has 2 aromatic rings. The van der Waals surface area contributed by atoms with Gasteiger partial charge in [0, 0.05) is 25.7 Å². The van der Waals surface area contributed by atoms with Gasteiger partial charge in [-0.15, -0.1) is 0 Å². The monoisotopic (exact) mass is 343 g/mol. The van der Waals surface area contributed by atoms with E-state index in [1.165, 1.54) is 0 Å². The first kappa shape index (κ1) is 17.4. The lowest BCUT2D eigenvalue weighted by Crippen LogP contribution is -2.37. The zero-order valence-corrected chi connectivity index (χ0v) is 14.3. The maximum absolute atomic E-state index is 5.79. The van der Waals surface area contributed by atoms with Crippen LogP contribution >= 0.6 is 0 Å². The number of nitrogens with two attached hydrogens (primary N) is 2. The van der Waals surface area contributed by atoms with Gasteiger partial charge in [0.05, 0.1) is 31.2 Å². The van der Waals surface area contributed by atoms with Crippen LogP contribution in [0.15, 0.2) is 42.5 Å². The number of morpholine rings is 1. The summed E-state index contributed by atoms with van der Waals surface area (Å²) in [5.41, 5.74) is 12.5. The molecule has 0 atom stereocenters. The Morgan fingerprint density at radius 3 is 2.28 bits per heavy atom. The highest BCUT2D eigenvalue weighted by molar-refractivity contribution is 5.65. The summed E-state index contributed by atoms with van der Waals surface area (Å²) in [6.07, 6.45) is 1.00. The molecule has 0 unspecified atom stereocenters. The van der Waals surface area contributed by atoms with Crippen molar-refractivity contribution in [3.8, 4) is 17.2 Å². The Hall–Kier alpha value is -2.44. The minimum atomic E-state index is 0.512. The van der Waals surface area contributed by atoms with Gasteiger partial charge in [-0.05, 0) is 42.8 Å². The van der Waals surface area contributed by atoms with Gasteiger partial charge >= 0.3 is 0 Å². The molecular formula is C19H25N3O3. The zero-order valence-electron chi connectivity index (χ0n) is 14.3. The fourth-order valence-electron chi connectivity index (χ4n) is 2.66. The van der Waals surface area contributed by atoms with Crippen LogP contribution in [0.25, 0.3) is 0 Å². The van der Waals surface area contributed by atoms with Crippen molar-refractivity contribution in [1.29, 1.82) is 0 Å². The second-order valence-electron chi connectivity index (χ2n) is 6.02. The number of rotatable bonds is 7. The van der Waals surface area contributed by atoms with Crippen molar-refractivity contribution in [3.63, 3.8) is 0 Å². The van der Waals surface area contributed by atoms with E-state index in [4.69, 9.17) is 25.7 Å². The second-order valence-corrected chi connectivity index (χ2v) is 6.02. The summed E-state index contributed by atoms with van der Waals surface area (Å²) in [6, 6.07) is 12.8. The molecule has 6 heteroatoms. The fraction of sp³-hybridized carbons (Fsp3) is 0.368. The number of nitrogen functional groups attached to an aromatic ring is 2. The topological polar surface area (TPSA) is 83.0 Å². The number of anilines is 2. The van der Waals surface area contributed by atoms with E-state index in [2.05, 4.69) is 4.90 Å². The molecular weight excluding hydrogens is 318 g/mol. The molecule has 25 heavy (non-hydrogen) atoms. The van der Waals surface area contributed by atoms with Crippen molar-refractivity contribution < 1.29 is 14.2 Å². The summed E-state index contributed by atoms with van der Waals surface area (Å²) >= 11 is 0. The van der Waals surface area contributed by atoms with Crippen LogP contribution in [0, 0.1) is 0 Å². The molecule has 0 bridgehead atoms. The second kappa shape index (κ2) is 8.60. The van der Waals surface area contributed by atoms with Gasteiger partial charge in [-0.3, -0.25) is 4.90 Å². The molecule has 4 N–H and O–H groups in total. The van der Waals surface area contributed by atoms with Crippen molar-refractivity contribution in [2.45, 2.75) is 6.42 Å². The molecule has 0 aromatic heterocycles. The lowest BCUT2D eigenvalue weighted by Gasteiger charge is -2.26. The maximum Gasteiger partial charge on any atom is 0.129 e. The molecule has 3 rings (SSSR count). The van der Waals surface area contributed by atoms with Crippen LogP contribution in [0.2, 0.25) is 0 Å². The summed E-state index contributed by atoms with van der Waals surface area (Å²) in [6.45, 7) is 5.45. The third-order valence-electron chi connectivity index (χ3n) is 4.11. The van der Waals surface area contributed by atoms with Crippen molar-refractivity contribution in [1.82, 2.24) is 4.90 Å². The van der Waals surface area contributed by atoms with E-state index in [0.29, 0.717) is 23.7 Å². The first-order valence-corrected chi connectivity index (χ1v) is 8.56. The van der Waals surface area contributed by atoms with Crippen molar-refractivity contribution in [2.75, 3.05) is 50.9 Å². The highest BCUT2D eigenvalue weighted by Crippen LogP contribution is 2.27. The van der Waals surface area contributed by atoms with E-state index in [0.717, 1.165) is 50.8 Å². The predicted octanol–water partition coefficient (Wildman–Crippen LogP) is 2.74. The van der Waals surface area contributed by atoms with E-state index in [-0.39, 0.29) is 0 Å². The number of hydrogen-bond donors (Lipinski definition) is 2. The van der Waals surface area contributed by atoms with E-state index >= 15 is 0 Å². The standard InChI is InChI=1S/C19H25N3O3/c20-18-7-6-17(14-19(18)21)25-16-4-2-15(3-5-16)24-11-1-8-22-9-12-23-13-10-22/h2-7,14H,1,8-13,20-21H2. The largest absolute Gasteiger partial charge is 0.494 e. The summed E-state index contributed by atoms with van der Waals surface area (Å²) in [5, 5.41) is 0. The number of ether oxygens (including phenoxy) is 3. The van der Waals surface area contributed by atoms with Gasteiger partial charge in [0.1, 0.15) is 17.2 Å². The molecule has 1 heterocycles. The molecule has 0 radical (unpaired) electrons. The van der Waals surface area contributed by atoms with Gasteiger partial charge in [-0.1, -0.05) is 0 Å². The minimum absolute atomic E-state index is 0.512. The lowest BCUT2D eigenvalue weighted by molar-refractivity contribution is 0.0358. The average Bonchev–Trinajstić information content (AvgIpc) is 2.64. The van der Waals surface area contributed by atoms with Gasteiger partial charge < -0.3 is 25.7 Å². The Balaban J connectivity index is 1.42. The summed E-state index contributed by atoms with van der Waals surface area (Å²) in [7, 11) is 0. The normalized spacial score (nSPS) is 15.0. The average molecular weight is 343 g/mol. The molecule has 1 saturated heterocycles. The first-order valence-electron chi connectivity index (χ1n) is 8.56. The van der Waals surface area contributed by atoms with Crippen molar-refractivity contribution in [3.05, 3.63) is 42.5 Å². The molecule has 0 amide bonds. The third kappa shape index (κ3) is 5.27. The Kier molecular flexibility index (Phi) is 5.98. The van der Waals surface area contributed by atoms with Gasteiger partial charge in [0.25, 0.3) is 0 Å². The Labute approximate surface area is 148 Å². The molecule has 1 aliphatic rings.